The van der Waals surface area contributed by atoms with Crippen LogP contribution in [0.1, 0.15) is 19.8 Å². The number of urea groups is 1. The zero-order valence-corrected chi connectivity index (χ0v) is 9.03. The summed E-state index contributed by atoms with van der Waals surface area (Å²) in [5.74, 6) is -2.93. The molecule has 0 bridgehead atoms. The Morgan fingerprint density at radius 3 is 2.53 bits per heavy atom. The van der Waals surface area contributed by atoms with Crippen LogP contribution in [0.5, 0.6) is 0 Å². The van der Waals surface area contributed by atoms with Gasteiger partial charge in [-0.05, 0) is 14.0 Å². The monoisotopic (exact) mass is 234 g/mol. The first-order chi connectivity index (χ1) is 6.88. The van der Waals surface area contributed by atoms with Crippen LogP contribution < -0.4 is 15.1 Å². The van der Waals surface area contributed by atoms with Crippen molar-refractivity contribution in [3.05, 3.63) is 0 Å². The Hall–Kier alpha value is -0.910. The number of imide groups is 1. The van der Waals surface area contributed by atoms with Gasteiger partial charge in [-0.1, -0.05) is 13.3 Å². The third-order valence-electron chi connectivity index (χ3n) is 2.07. The maximum absolute atomic E-state index is 11.1. The molecule has 0 aromatic carbocycles. The molecule has 3 amide bonds. The van der Waals surface area contributed by atoms with Crippen molar-refractivity contribution in [3.8, 4) is 0 Å². The average molecular weight is 234 g/mol. The lowest BCUT2D eigenvalue weighted by atomic mass is 10.3. The summed E-state index contributed by atoms with van der Waals surface area (Å²) in [6, 6.07) is -0.814. The van der Waals surface area contributed by atoms with Crippen molar-refractivity contribution in [1.82, 2.24) is 10.2 Å². The van der Waals surface area contributed by atoms with E-state index in [0.717, 1.165) is 11.3 Å². The molecule has 0 aromatic rings. The second-order valence-electron chi connectivity index (χ2n) is 3.25. The second kappa shape index (κ2) is 4.30. The molecule has 1 unspecified atom stereocenters. The van der Waals surface area contributed by atoms with Crippen LogP contribution >= 0.6 is 7.60 Å². The number of hydrogen-bond donors (Lipinski definition) is 1. The Morgan fingerprint density at radius 1 is 1.47 bits per heavy atom. The summed E-state index contributed by atoms with van der Waals surface area (Å²) < 4.78 is 10.8. The molecular formula is C7H11N2O5P-2. The van der Waals surface area contributed by atoms with E-state index < -0.39 is 25.3 Å². The van der Waals surface area contributed by atoms with Gasteiger partial charge in [-0.2, -0.15) is 0 Å². The van der Waals surface area contributed by atoms with Crippen LogP contribution in [-0.2, 0) is 9.36 Å². The molecule has 0 radical (unpaired) electrons. The SMILES string of the molecule is CCCCN1C(=O)NC(=O)C1P(=O)([O-])[O-]. The number of nitrogens with zero attached hydrogens (tertiary/aromatic N) is 1. The molecule has 7 nitrogen and oxygen atoms in total. The van der Waals surface area contributed by atoms with Crippen molar-refractivity contribution in [3.63, 3.8) is 0 Å². The molecule has 0 aliphatic carbocycles. The predicted molar refractivity (Wildman–Crippen MR) is 46.5 cm³/mol. The van der Waals surface area contributed by atoms with Crippen molar-refractivity contribution in [2.45, 2.75) is 25.5 Å². The van der Waals surface area contributed by atoms with E-state index in [1.54, 1.807) is 0 Å². The summed E-state index contributed by atoms with van der Waals surface area (Å²) in [6.07, 6.45) is 1.27. The first kappa shape index (κ1) is 12.2. The van der Waals surface area contributed by atoms with E-state index in [0.29, 0.717) is 6.42 Å². The third kappa shape index (κ3) is 2.56. The zero-order valence-electron chi connectivity index (χ0n) is 8.13. The number of carbonyl (C=O) groups is 2. The van der Waals surface area contributed by atoms with Crippen LogP contribution in [0.25, 0.3) is 0 Å². The van der Waals surface area contributed by atoms with Crippen LogP contribution in [0.4, 0.5) is 4.79 Å². The number of unbranched alkanes of at least 4 members (excludes halogenated alkanes) is 1. The largest absolute Gasteiger partial charge is 0.809 e. The Labute approximate surface area is 86.6 Å². The number of hydrogen-bond acceptors (Lipinski definition) is 5. The fraction of sp³-hybridized carbons (Fsp3) is 0.714. The first-order valence-electron chi connectivity index (χ1n) is 4.51. The number of amides is 3. The fourth-order valence-electron chi connectivity index (χ4n) is 1.36. The van der Waals surface area contributed by atoms with Crippen LogP contribution in [0.15, 0.2) is 0 Å². The van der Waals surface area contributed by atoms with Crippen molar-refractivity contribution < 1.29 is 23.9 Å². The summed E-state index contributed by atoms with van der Waals surface area (Å²) in [7, 11) is -5.11. The summed E-state index contributed by atoms with van der Waals surface area (Å²) in [5.41, 5.74) is 0. The summed E-state index contributed by atoms with van der Waals surface area (Å²) in [5, 5.41) is 1.81. The van der Waals surface area contributed by atoms with Crippen molar-refractivity contribution in [1.29, 1.82) is 0 Å². The van der Waals surface area contributed by atoms with E-state index in [2.05, 4.69) is 0 Å². The minimum Gasteiger partial charge on any atom is -0.809 e. The van der Waals surface area contributed by atoms with Gasteiger partial charge in [0.25, 0.3) is 5.91 Å². The highest BCUT2D eigenvalue weighted by Crippen LogP contribution is 2.36. The molecule has 1 fully saturated rings. The quantitative estimate of drug-likeness (QED) is 0.473. The molecule has 1 N–H and O–H groups in total. The van der Waals surface area contributed by atoms with E-state index in [4.69, 9.17) is 0 Å². The smallest absolute Gasteiger partial charge is 0.325 e. The zero-order chi connectivity index (χ0) is 11.6. The first-order valence-corrected chi connectivity index (χ1v) is 6.12. The molecular weight excluding hydrogens is 223 g/mol. The van der Waals surface area contributed by atoms with Gasteiger partial charge in [0.2, 0.25) is 0 Å². The van der Waals surface area contributed by atoms with Crippen molar-refractivity contribution in [2.24, 2.45) is 0 Å². The maximum Gasteiger partial charge on any atom is 0.325 e. The minimum absolute atomic E-state index is 0.0905. The third-order valence-corrected chi connectivity index (χ3v) is 3.19. The molecule has 0 spiro atoms. The molecule has 0 saturated carbocycles. The predicted octanol–water partition coefficient (Wildman–Crippen LogP) is -1.42. The van der Waals surface area contributed by atoms with E-state index >= 15 is 0 Å². The van der Waals surface area contributed by atoms with Gasteiger partial charge in [-0.3, -0.25) is 10.1 Å². The van der Waals surface area contributed by atoms with Gasteiger partial charge >= 0.3 is 6.03 Å². The van der Waals surface area contributed by atoms with Crippen LogP contribution in [0, 0.1) is 0 Å². The normalized spacial score (nSPS) is 22.1. The highest BCUT2D eigenvalue weighted by atomic mass is 31.2. The molecule has 86 valence electrons. The van der Waals surface area contributed by atoms with Crippen molar-refractivity contribution in [2.75, 3.05) is 6.54 Å². The minimum atomic E-state index is -5.11. The Kier molecular flexibility index (Phi) is 3.49. The van der Waals surface area contributed by atoms with Crippen LogP contribution in [0.3, 0.4) is 0 Å². The van der Waals surface area contributed by atoms with Gasteiger partial charge in [-0.15, -0.1) is 0 Å². The van der Waals surface area contributed by atoms with Gasteiger partial charge in [0.15, 0.2) is 0 Å². The lowest BCUT2D eigenvalue weighted by molar-refractivity contribution is -0.317. The van der Waals surface area contributed by atoms with Gasteiger partial charge in [0, 0.05) is 6.54 Å². The Balaban J connectivity index is 2.85. The Bertz CT molecular complexity index is 325. The number of nitrogens with one attached hydrogen (secondary N) is 1. The van der Waals surface area contributed by atoms with Gasteiger partial charge in [0.1, 0.15) is 5.78 Å². The standard InChI is InChI=1S/C7H13N2O5P/c1-2-3-4-9-6(15(12,13)14)5(10)8-7(9)11/h6H,2-4H2,1H3,(H,8,10,11)(H2,12,13,14)/p-2. The van der Waals surface area contributed by atoms with Crippen LogP contribution in [0.2, 0.25) is 0 Å². The lowest BCUT2D eigenvalue weighted by Crippen LogP contribution is -2.41. The lowest BCUT2D eigenvalue weighted by Gasteiger charge is -2.38. The molecule has 1 atom stereocenters. The van der Waals surface area contributed by atoms with Gasteiger partial charge < -0.3 is 19.3 Å². The summed E-state index contributed by atoms with van der Waals surface area (Å²) in [6.45, 7) is 1.94. The summed E-state index contributed by atoms with van der Waals surface area (Å²) in [4.78, 5) is 44.5. The van der Waals surface area contributed by atoms with E-state index in [1.807, 2.05) is 12.2 Å². The molecule has 1 aliphatic rings. The summed E-state index contributed by atoms with van der Waals surface area (Å²) >= 11 is 0. The molecule has 1 saturated heterocycles. The fourth-order valence-corrected chi connectivity index (χ4v) is 2.27. The van der Waals surface area contributed by atoms with Gasteiger partial charge in [0.05, 0.1) is 0 Å². The maximum atomic E-state index is 11.1. The Morgan fingerprint density at radius 2 is 2.07 bits per heavy atom. The van der Waals surface area contributed by atoms with E-state index in [-0.39, 0.29) is 6.54 Å². The number of carbonyl (C=O) groups excluding carboxylic acids is 2. The molecule has 1 aliphatic heterocycles. The number of rotatable bonds is 4. The highest BCUT2D eigenvalue weighted by Gasteiger charge is 2.39. The topological polar surface area (TPSA) is 113 Å². The molecule has 1 rings (SSSR count). The van der Waals surface area contributed by atoms with Crippen molar-refractivity contribution >= 4 is 19.5 Å². The highest BCUT2D eigenvalue weighted by molar-refractivity contribution is 7.50. The molecule has 0 aromatic heterocycles. The molecule has 15 heavy (non-hydrogen) atoms. The average Bonchev–Trinajstić information content (AvgIpc) is 2.36. The second-order valence-corrected chi connectivity index (χ2v) is 4.82. The van der Waals surface area contributed by atoms with Gasteiger partial charge in [-0.25, -0.2) is 4.79 Å². The van der Waals surface area contributed by atoms with E-state index in [1.165, 1.54) is 0 Å². The molecule has 8 heteroatoms. The van der Waals surface area contributed by atoms with Crippen LogP contribution in [-0.4, -0.2) is 29.2 Å². The molecule has 1 heterocycles. The van der Waals surface area contributed by atoms with E-state index in [9.17, 15) is 23.9 Å².